The van der Waals surface area contributed by atoms with Gasteiger partial charge in [-0.15, -0.1) is 0 Å². The van der Waals surface area contributed by atoms with Crippen molar-refractivity contribution in [2.75, 3.05) is 26.7 Å². The minimum atomic E-state index is -0.376. The van der Waals surface area contributed by atoms with E-state index in [-0.39, 0.29) is 23.0 Å². The smallest absolute Gasteiger partial charge is 0.146 e. The first-order valence-corrected chi connectivity index (χ1v) is 6.97. The topological polar surface area (TPSA) is 38.5 Å². The third kappa shape index (κ3) is 3.45. The van der Waals surface area contributed by atoms with Crippen molar-refractivity contribution in [3.8, 4) is 0 Å². The maximum atomic E-state index is 14.1. The number of benzene rings is 1. The second-order valence-electron chi connectivity index (χ2n) is 4.97. The average Bonchev–Trinajstić information content (AvgIpc) is 2.88. The molecule has 2 atom stereocenters. The third-order valence-electron chi connectivity index (χ3n) is 3.61. The number of rotatable bonds is 5. The summed E-state index contributed by atoms with van der Waals surface area (Å²) in [4.78, 5) is 2.05. The van der Waals surface area contributed by atoms with E-state index in [1.54, 1.807) is 18.2 Å². The van der Waals surface area contributed by atoms with E-state index in [0.29, 0.717) is 12.1 Å². The van der Waals surface area contributed by atoms with Crippen LogP contribution in [0.25, 0.3) is 0 Å². The number of likely N-dealkylation sites (N-methyl/N-ethyl adjacent to an activating group) is 1. The molecule has 1 aromatic rings. The molecule has 1 aliphatic rings. The first-order chi connectivity index (χ1) is 9.13. The third-order valence-corrected chi connectivity index (χ3v) is 3.90. The van der Waals surface area contributed by atoms with Crippen LogP contribution in [0.15, 0.2) is 18.2 Å². The van der Waals surface area contributed by atoms with Gasteiger partial charge in [0.1, 0.15) is 5.82 Å². The molecule has 0 amide bonds. The van der Waals surface area contributed by atoms with E-state index in [9.17, 15) is 4.39 Å². The fraction of sp³-hybridized carbons (Fsp3) is 0.571. The van der Waals surface area contributed by atoms with Gasteiger partial charge in [0, 0.05) is 31.3 Å². The molecule has 1 aliphatic heterocycles. The number of hydrogen-bond donors (Lipinski definition) is 1. The molecule has 0 aromatic heterocycles. The highest BCUT2D eigenvalue weighted by Crippen LogP contribution is 2.27. The van der Waals surface area contributed by atoms with E-state index in [2.05, 4.69) is 0 Å². The molecule has 1 saturated heterocycles. The fourth-order valence-electron chi connectivity index (χ4n) is 2.56. The van der Waals surface area contributed by atoms with E-state index >= 15 is 0 Å². The number of ether oxygens (including phenoxy) is 1. The lowest BCUT2D eigenvalue weighted by Crippen LogP contribution is -2.36. The van der Waals surface area contributed by atoms with Crippen molar-refractivity contribution in [3.63, 3.8) is 0 Å². The number of halogens is 2. The van der Waals surface area contributed by atoms with Crippen molar-refractivity contribution in [1.82, 2.24) is 4.90 Å². The Bertz CT molecular complexity index is 424. The van der Waals surface area contributed by atoms with E-state index in [4.69, 9.17) is 22.1 Å². The van der Waals surface area contributed by atoms with Crippen molar-refractivity contribution in [1.29, 1.82) is 0 Å². The molecule has 3 nitrogen and oxygen atoms in total. The van der Waals surface area contributed by atoms with E-state index in [0.717, 1.165) is 26.0 Å². The molecule has 5 heteroatoms. The predicted molar refractivity (Wildman–Crippen MR) is 74.8 cm³/mol. The van der Waals surface area contributed by atoms with Crippen LogP contribution in [0.5, 0.6) is 0 Å². The summed E-state index contributed by atoms with van der Waals surface area (Å²) in [7, 11) is 1.94. The van der Waals surface area contributed by atoms with Crippen LogP contribution in [0.4, 0.5) is 4.39 Å². The van der Waals surface area contributed by atoms with Crippen LogP contribution in [0.3, 0.4) is 0 Å². The Balaban J connectivity index is 2.11. The summed E-state index contributed by atoms with van der Waals surface area (Å²) in [5.74, 6) is -0.376. The van der Waals surface area contributed by atoms with Crippen molar-refractivity contribution in [2.24, 2.45) is 5.73 Å². The summed E-state index contributed by atoms with van der Waals surface area (Å²) in [6.07, 6.45) is 2.37. The summed E-state index contributed by atoms with van der Waals surface area (Å²) in [6.45, 7) is 1.92. The van der Waals surface area contributed by atoms with Gasteiger partial charge in [-0.3, -0.25) is 4.90 Å². The first-order valence-electron chi connectivity index (χ1n) is 6.59. The predicted octanol–water partition coefficient (Wildman–Crippen LogP) is 2.59. The Labute approximate surface area is 118 Å². The zero-order chi connectivity index (χ0) is 13.8. The standard InChI is InChI=1S/C14H20ClFN2O/c1-18(9-10-4-3-7-19-10)13(8-17)11-5-2-6-12(15)14(11)16/h2,5-6,10,13H,3-4,7-9,17H2,1H3. The quantitative estimate of drug-likeness (QED) is 0.904. The van der Waals surface area contributed by atoms with E-state index in [1.807, 2.05) is 11.9 Å². The van der Waals surface area contributed by atoms with Gasteiger partial charge in [0.2, 0.25) is 0 Å². The molecule has 106 valence electrons. The highest BCUT2D eigenvalue weighted by molar-refractivity contribution is 6.30. The molecule has 1 fully saturated rings. The van der Waals surface area contributed by atoms with Crippen LogP contribution >= 0.6 is 11.6 Å². The molecule has 0 radical (unpaired) electrons. The maximum Gasteiger partial charge on any atom is 0.146 e. The second-order valence-corrected chi connectivity index (χ2v) is 5.38. The Morgan fingerprint density at radius 1 is 1.58 bits per heavy atom. The highest BCUT2D eigenvalue weighted by Gasteiger charge is 2.24. The minimum absolute atomic E-state index is 0.140. The highest BCUT2D eigenvalue weighted by atomic mass is 35.5. The average molecular weight is 287 g/mol. The zero-order valence-electron chi connectivity index (χ0n) is 11.1. The van der Waals surface area contributed by atoms with Crippen LogP contribution in [0.2, 0.25) is 5.02 Å². The van der Waals surface area contributed by atoms with Crippen molar-refractivity contribution in [3.05, 3.63) is 34.6 Å². The molecule has 2 rings (SSSR count). The van der Waals surface area contributed by atoms with Gasteiger partial charge in [-0.25, -0.2) is 4.39 Å². The monoisotopic (exact) mass is 286 g/mol. The van der Waals surface area contributed by atoms with E-state index < -0.39 is 0 Å². The lowest BCUT2D eigenvalue weighted by Gasteiger charge is -2.29. The summed E-state index contributed by atoms with van der Waals surface area (Å²) in [5, 5.41) is 0.140. The molecule has 0 bridgehead atoms. The molecular weight excluding hydrogens is 267 g/mol. The normalized spacial score (nSPS) is 21.0. The SMILES string of the molecule is CN(CC1CCCO1)C(CN)c1cccc(Cl)c1F. The summed E-state index contributed by atoms with van der Waals surface area (Å²) in [6, 6.07) is 4.87. The summed E-state index contributed by atoms with van der Waals surface area (Å²) < 4.78 is 19.7. The van der Waals surface area contributed by atoms with Gasteiger partial charge >= 0.3 is 0 Å². The van der Waals surface area contributed by atoms with Crippen LogP contribution in [0.1, 0.15) is 24.4 Å². The van der Waals surface area contributed by atoms with Crippen molar-refractivity contribution < 1.29 is 9.13 Å². The molecule has 0 aliphatic carbocycles. The second kappa shape index (κ2) is 6.66. The van der Waals surface area contributed by atoms with Gasteiger partial charge in [0.25, 0.3) is 0 Å². The lowest BCUT2D eigenvalue weighted by molar-refractivity contribution is 0.0684. The lowest BCUT2D eigenvalue weighted by atomic mass is 10.0. The molecule has 1 heterocycles. The molecule has 2 N–H and O–H groups in total. The Morgan fingerprint density at radius 2 is 2.37 bits per heavy atom. The van der Waals surface area contributed by atoms with Crippen LogP contribution in [-0.4, -0.2) is 37.7 Å². The van der Waals surface area contributed by atoms with Crippen LogP contribution in [0, 0.1) is 5.82 Å². The number of nitrogens with two attached hydrogens (primary N) is 1. The molecule has 1 aromatic carbocycles. The van der Waals surface area contributed by atoms with Crippen LogP contribution < -0.4 is 5.73 Å². The van der Waals surface area contributed by atoms with Crippen LogP contribution in [-0.2, 0) is 4.74 Å². The largest absolute Gasteiger partial charge is 0.377 e. The molecular formula is C14H20ClFN2O. The Kier molecular flexibility index (Phi) is 5.16. The van der Waals surface area contributed by atoms with E-state index in [1.165, 1.54) is 0 Å². The first kappa shape index (κ1) is 14.7. The molecule has 19 heavy (non-hydrogen) atoms. The van der Waals surface area contributed by atoms with Crippen molar-refractivity contribution >= 4 is 11.6 Å². The zero-order valence-corrected chi connectivity index (χ0v) is 11.9. The number of hydrogen-bond acceptors (Lipinski definition) is 3. The minimum Gasteiger partial charge on any atom is -0.377 e. The molecule has 0 saturated carbocycles. The molecule has 0 spiro atoms. The maximum absolute atomic E-state index is 14.1. The van der Waals surface area contributed by atoms with Gasteiger partial charge < -0.3 is 10.5 Å². The molecule has 2 unspecified atom stereocenters. The van der Waals surface area contributed by atoms with Crippen molar-refractivity contribution in [2.45, 2.75) is 25.0 Å². The van der Waals surface area contributed by atoms with Gasteiger partial charge in [0.05, 0.1) is 11.1 Å². The summed E-state index contributed by atoms with van der Waals surface area (Å²) >= 11 is 5.83. The van der Waals surface area contributed by atoms with Gasteiger partial charge in [-0.05, 0) is 26.0 Å². The number of nitrogens with zero attached hydrogens (tertiary/aromatic N) is 1. The van der Waals surface area contributed by atoms with Gasteiger partial charge in [0.15, 0.2) is 0 Å². The summed E-state index contributed by atoms with van der Waals surface area (Å²) in [5.41, 5.74) is 6.36. The Morgan fingerprint density at radius 3 is 3.00 bits per heavy atom. The fourth-order valence-corrected chi connectivity index (χ4v) is 2.74. The van der Waals surface area contributed by atoms with Gasteiger partial charge in [-0.2, -0.15) is 0 Å². The van der Waals surface area contributed by atoms with Gasteiger partial charge in [-0.1, -0.05) is 23.7 Å². The Hall–Kier alpha value is -0.680.